The molecular formula is C24H28N8O. The molecule has 5 rings (SSSR count). The molecule has 0 atom stereocenters. The third kappa shape index (κ3) is 5.32. The van der Waals surface area contributed by atoms with Crippen LogP contribution in [0.15, 0.2) is 54.9 Å². The number of nitrogens with two attached hydrogens (primary N) is 1. The van der Waals surface area contributed by atoms with E-state index >= 15 is 0 Å². The summed E-state index contributed by atoms with van der Waals surface area (Å²) in [6.45, 7) is 7.28. The summed E-state index contributed by atoms with van der Waals surface area (Å²) >= 11 is 0. The van der Waals surface area contributed by atoms with Gasteiger partial charge in [-0.1, -0.05) is 32.0 Å². The van der Waals surface area contributed by atoms with Gasteiger partial charge < -0.3 is 20.8 Å². The Balaban J connectivity index is 0.000000200. The molecule has 3 N–H and O–H groups in total. The molecule has 9 heteroatoms. The van der Waals surface area contributed by atoms with Crippen molar-refractivity contribution >= 4 is 23.6 Å². The van der Waals surface area contributed by atoms with Gasteiger partial charge in [0.25, 0.3) is 5.78 Å². The van der Waals surface area contributed by atoms with Crippen molar-refractivity contribution in [1.29, 1.82) is 5.41 Å². The van der Waals surface area contributed by atoms with Gasteiger partial charge in [-0.3, -0.25) is 4.98 Å². The van der Waals surface area contributed by atoms with Crippen LogP contribution in [0.3, 0.4) is 0 Å². The van der Waals surface area contributed by atoms with E-state index in [0.717, 1.165) is 30.0 Å². The van der Waals surface area contributed by atoms with E-state index in [1.807, 2.05) is 30.3 Å². The van der Waals surface area contributed by atoms with Crippen LogP contribution < -0.4 is 10.6 Å². The summed E-state index contributed by atoms with van der Waals surface area (Å²) in [6, 6.07) is 13.6. The molecule has 4 aromatic rings. The summed E-state index contributed by atoms with van der Waals surface area (Å²) in [5.41, 5.74) is 9.09. The number of nitrogen functional groups attached to an aromatic ring is 1. The van der Waals surface area contributed by atoms with Crippen LogP contribution in [0.1, 0.15) is 30.9 Å². The zero-order valence-electron chi connectivity index (χ0n) is 18.8. The predicted octanol–water partition coefficient (Wildman–Crippen LogP) is 3.41. The lowest BCUT2D eigenvalue weighted by molar-refractivity contribution is 0.122. The molecule has 0 unspecified atom stereocenters. The zero-order chi connectivity index (χ0) is 23.2. The summed E-state index contributed by atoms with van der Waals surface area (Å²) in [4.78, 5) is 14.9. The van der Waals surface area contributed by atoms with E-state index in [1.165, 1.54) is 11.8 Å². The van der Waals surface area contributed by atoms with Gasteiger partial charge in [-0.05, 0) is 35.2 Å². The average Bonchev–Trinajstić information content (AvgIpc) is 3.29. The number of hydrogen-bond donors (Lipinski definition) is 2. The smallest absolute Gasteiger partial charge is 0.256 e. The number of fused-ring (bicyclic) bond motifs is 1. The number of hydrogen-bond acceptors (Lipinski definition) is 8. The molecule has 1 fully saturated rings. The number of ether oxygens (including phenoxy) is 1. The molecule has 4 heterocycles. The first-order valence-electron chi connectivity index (χ1n) is 10.9. The van der Waals surface area contributed by atoms with Crippen molar-refractivity contribution in [2.45, 2.75) is 19.8 Å². The molecule has 0 spiro atoms. The number of anilines is 2. The minimum atomic E-state index is 0.433. The summed E-state index contributed by atoms with van der Waals surface area (Å²) in [5.74, 6) is 2.97. The number of benzene rings is 1. The van der Waals surface area contributed by atoms with Gasteiger partial charge in [-0.15, -0.1) is 5.10 Å². The maximum absolute atomic E-state index is 7.06. The Bertz CT molecular complexity index is 1220. The van der Waals surface area contributed by atoms with Crippen molar-refractivity contribution in [2.24, 2.45) is 0 Å². The van der Waals surface area contributed by atoms with Crippen molar-refractivity contribution in [3.63, 3.8) is 0 Å². The van der Waals surface area contributed by atoms with Gasteiger partial charge in [0.1, 0.15) is 11.6 Å². The summed E-state index contributed by atoms with van der Waals surface area (Å²) < 4.78 is 7.13. The Kier molecular flexibility index (Phi) is 6.89. The largest absolute Gasteiger partial charge is 0.383 e. The first kappa shape index (κ1) is 22.3. The molecule has 1 aromatic carbocycles. The monoisotopic (exact) mass is 444 g/mol. The Morgan fingerprint density at radius 3 is 2.52 bits per heavy atom. The third-order valence-corrected chi connectivity index (χ3v) is 5.33. The lowest BCUT2D eigenvalue weighted by Crippen LogP contribution is -2.37. The summed E-state index contributed by atoms with van der Waals surface area (Å²) in [5, 5.41) is 11.6. The van der Waals surface area contributed by atoms with E-state index in [1.54, 1.807) is 16.9 Å². The number of rotatable bonds is 4. The molecular weight excluding hydrogens is 416 g/mol. The minimum absolute atomic E-state index is 0.433. The first-order valence-corrected chi connectivity index (χ1v) is 10.9. The van der Waals surface area contributed by atoms with Gasteiger partial charge >= 0.3 is 0 Å². The highest BCUT2D eigenvalue weighted by atomic mass is 16.5. The Labute approximate surface area is 192 Å². The lowest BCUT2D eigenvalue weighted by atomic mass is 10.0. The van der Waals surface area contributed by atoms with E-state index in [4.69, 9.17) is 15.9 Å². The van der Waals surface area contributed by atoms with Crippen LogP contribution in [0.4, 0.5) is 11.6 Å². The van der Waals surface area contributed by atoms with Gasteiger partial charge in [0.15, 0.2) is 5.82 Å². The normalized spacial score (nSPS) is 13.6. The molecule has 1 aliphatic rings. The quantitative estimate of drug-likeness (QED) is 0.463. The maximum atomic E-state index is 7.06. The van der Waals surface area contributed by atoms with Crippen LogP contribution in [0.5, 0.6) is 0 Å². The summed E-state index contributed by atoms with van der Waals surface area (Å²) in [6.07, 6.45) is 4.81. The Hall–Kier alpha value is -3.85. The van der Waals surface area contributed by atoms with Crippen LogP contribution in [-0.4, -0.2) is 57.1 Å². The van der Waals surface area contributed by atoms with Gasteiger partial charge in [0.05, 0.1) is 13.2 Å². The van der Waals surface area contributed by atoms with Crippen LogP contribution in [0, 0.1) is 5.41 Å². The number of nitrogens with one attached hydrogen (secondary N) is 1. The molecule has 1 saturated heterocycles. The highest BCUT2D eigenvalue weighted by molar-refractivity contribution is 5.77. The first-order chi connectivity index (χ1) is 16.0. The highest BCUT2D eigenvalue weighted by Gasteiger charge is 2.18. The van der Waals surface area contributed by atoms with Crippen LogP contribution in [-0.2, 0) is 4.74 Å². The standard InChI is InChI=1S/C14H15N7O.C10H13N/c15-11-9-12(20-5-7-22-8-6-20)21-14(17-11)18-13(19-21)10-1-3-16-4-2-10;1-8(2)10-5-3-4-9(6-10)7-11/h1-4,9H,5-8H2,(H2,15,17,18,19);3-8,11H,1-2H3. The van der Waals surface area contributed by atoms with Crippen molar-refractivity contribution in [2.75, 3.05) is 36.9 Å². The molecule has 0 saturated carbocycles. The molecule has 0 bridgehead atoms. The van der Waals surface area contributed by atoms with E-state index in [0.29, 0.717) is 36.6 Å². The lowest BCUT2D eigenvalue weighted by Gasteiger charge is -2.28. The predicted molar refractivity (Wildman–Crippen MR) is 130 cm³/mol. The van der Waals surface area contributed by atoms with Crippen LogP contribution in [0.25, 0.3) is 17.2 Å². The van der Waals surface area contributed by atoms with E-state index < -0.39 is 0 Å². The van der Waals surface area contributed by atoms with Gasteiger partial charge in [0, 0.05) is 43.3 Å². The third-order valence-electron chi connectivity index (χ3n) is 5.33. The second-order valence-electron chi connectivity index (χ2n) is 7.99. The second kappa shape index (κ2) is 10.2. The fraction of sp³-hybridized carbons (Fsp3) is 0.292. The molecule has 1 aliphatic heterocycles. The van der Waals surface area contributed by atoms with E-state index in [2.05, 4.69) is 50.9 Å². The van der Waals surface area contributed by atoms with E-state index in [-0.39, 0.29) is 0 Å². The fourth-order valence-corrected chi connectivity index (χ4v) is 3.52. The molecule has 3 aromatic heterocycles. The number of pyridine rings is 1. The number of nitrogens with zero attached hydrogens (tertiary/aromatic N) is 6. The average molecular weight is 445 g/mol. The molecule has 33 heavy (non-hydrogen) atoms. The Morgan fingerprint density at radius 2 is 1.82 bits per heavy atom. The topological polar surface area (TPSA) is 118 Å². The van der Waals surface area contributed by atoms with Crippen LogP contribution in [0.2, 0.25) is 0 Å². The number of morpholine rings is 1. The van der Waals surface area contributed by atoms with Crippen molar-refractivity contribution < 1.29 is 4.74 Å². The SMILES string of the molecule is CC(C)c1cccc(C=N)c1.Nc1cc(N2CCOCC2)n2nc(-c3ccncc3)nc2n1. The van der Waals surface area contributed by atoms with Crippen molar-refractivity contribution in [3.8, 4) is 11.4 Å². The number of aromatic nitrogens is 5. The van der Waals surface area contributed by atoms with Crippen molar-refractivity contribution in [1.82, 2.24) is 24.6 Å². The Morgan fingerprint density at radius 1 is 1.06 bits per heavy atom. The van der Waals surface area contributed by atoms with Crippen LogP contribution >= 0.6 is 0 Å². The highest BCUT2D eigenvalue weighted by Crippen LogP contribution is 2.22. The second-order valence-corrected chi connectivity index (χ2v) is 7.99. The van der Waals surface area contributed by atoms with Gasteiger partial charge in [-0.2, -0.15) is 14.5 Å². The minimum Gasteiger partial charge on any atom is -0.383 e. The maximum Gasteiger partial charge on any atom is 0.256 e. The molecule has 9 nitrogen and oxygen atoms in total. The molecule has 0 aliphatic carbocycles. The van der Waals surface area contributed by atoms with Crippen molar-refractivity contribution in [3.05, 3.63) is 66.0 Å². The van der Waals surface area contributed by atoms with Gasteiger partial charge in [-0.25, -0.2) is 0 Å². The molecule has 0 radical (unpaired) electrons. The molecule has 0 amide bonds. The molecule has 170 valence electrons. The van der Waals surface area contributed by atoms with Gasteiger partial charge in [0.2, 0.25) is 0 Å². The fourth-order valence-electron chi connectivity index (χ4n) is 3.52. The summed E-state index contributed by atoms with van der Waals surface area (Å²) in [7, 11) is 0. The van der Waals surface area contributed by atoms with E-state index in [9.17, 15) is 0 Å². The zero-order valence-corrected chi connectivity index (χ0v) is 18.8.